The van der Waals surface area contributed by atoms with Crippen LogP contribution in [0.4, 0.5) is 0 Å². The van der Waals surface area contributed by atoms with Crippen LogP contribution in [0, 0.1) is 12.3 Å². The van der Waals surface area contributed by atoms with Crippen LogP contribution in [0.25, 0.3) is 0 Å². The summed E-state index contributed by atoms with van der Waals surface area (Å²) in [7, 11) is 0. The molecule has 0 atom stereocenters. The van der Waals surface area contributed by atoms with Gasteiger partial charge in [0.1, 0.15) is 12.4 Å². The molecule has 5 nitrogen and oxygen atoms in total. The molecule has 140 valence electrons. The van der Waals surface area contributed by atoms with E-state index in [4.69, 9.17) is 14.2 Å². The summed E-state index contributed by atoms with van der Waals surface area (Å²) < 4.78 is 16.0. The third-order valence-electron chi connectivity index (χ3n) is 4.47. The van der Waals surface area contributed by atoms with Crippen LogP contribution in [-0.2, 0) is 30.8 Å². The van der Waals surface area contributed by atoms with Crippen molar-refractivity contribution >= 4 is 5.97 Å². The standard InChI is InChI=1S/C20H30O5/c1-13-9-14(10-15(17(13)22)19(2,3)4)7-8-16(21)23-11-20(5,6)18-24-12-25-18/h9-10,18,22H,7-8,11-12H2,1-6H3. The first-order chi connectivity index (χ1) is 11.5. The molecule has 0 bridgehead atoms. The van der Waals surface area contributed by atoms with Crippen molar-refractivity contribution in [2.24, 2.45) is 5.41 Å². The highest BCUT2D eigenvalue weighted by molar-refractivity contribution is 5.69. The molecule has 25 heavy (non-hydrogen) atoms. The highest BCUT2D eigenvalue weighted by Gasteiger charge is 2.37. The van der Waals surface area contributed by atoms with Gasteiger partial charge in [0.2, 0.25) is 0 Å². The molecular weight excluding hydrogens is 320 g/mol. The predicted molar refractivity (Wildman–Crippen MR) is 95.4 cm³/mol. The lowest BCUT2D eigenvalue weighted by Crippen LogP contribution is -2.46. The Hall–Kier alpha value is -1.59. The number of carbonyl (C=O) groups excluding carboxylic acids is 1. The summed E-state index contributed by atoms with van der Waals surface area (Å²) in [4.78, 5) is 12.1. The fraction of sp³-hybridized carbons (Fsp3) is 0.650. The van der Waals surface area contributed by atoms with Gasteiger partial charge >= 0.3 is 5.97 Å². The highest BCUT2D eigenvalue weighted by atomic mass is 16.8. The summed E-state index contributed by atoms with van der Waals surface area (Å²) in [5, 5.41) is 10.3. The molecule has 0 aromatic heterocycles. The highest BCUT2D eigenvalue weighted by Crippen LogP contribution is 2.34. The van der Waals surface area contributed by atoms with E-state index in [1.54, 1.807) is 0 Å². The van der Waals surface area contributed by atoms with Gasteiger partial charge < -0.3 is 19.3 Å². The van der Waals surface area contributed by atoms with Gasteiger partial charge in [0.15, 0.2) is 13.1 Å². The molecule has 1 aromatic rings. The Morgan fingerprint density at radius 3 is 2.40 bits per heavy atom. The largest absolute Gasteiger partial charge is 0.507 e. The fourth-order valence-electron chi connectivity index (χ4n) is 2.81. The normalized spacial score (nSPS) is 15.8. The average Bonchev–Trinajstić information content (AvgIpc) is 2.42. The summed E-state index contributed by atoms with van der Waals surface area (Å²) in [5.41, 5.74) is 2.25. The van der Waals surface area contributed by atoms with E-state index in [9.17, 15) is 9.90 Å². The van der Waals surface area contributed by atoms with E-state index < -0.39 is 0 Å². The third kappa shape index (κ3) is 4.95. The molecule has 0 radical (unpaired) electrons. The van der Waals surface area contributed by atoms with Crippen LogP contribution in [-0.4, -0.2) is 30.8 Å². The molecule has 0 saturated carbocycles. The first-order valence-corrected chi connectivity index (χ1v) is 8.72. The zero-order valence-electron chi connectivity index (χ0n) is 16.1. The molecule has 1 heterocycles. The third-order valence-corrected chi connectivity index (χ3v) is 4.47. The number of hydrogen-bond donors (Lipinski definition) is 1. The predicted octanol–water partition coefficient (Wildman–Crippen LogP) is 3.83. The molecular formula is C20H30O5. The van der Waals surface area contributed by atoms with Crippen LogP contribution in [0.2, 0.25) is 0 Å². The molecule has 0 spiro atoms. The topological polar surface area (TPSA) is 65.0 Å². The van der Waals surface area contributed by atoms with Gasteiger partial charge in [-0.05, 0) is 35.4 Å². The van der Waals surface area contributed by atoms with Crippen LogP contribution in [0.5, 0.6) is 5.75 Å². The van der Waals surface area contributed by atoms with Gasteiger partial charge in [0.25, 0.3) is 0 Å². The number of hydrogen-bond acceptors (Lipinski definition) is 5. The molecule has 1 saturated heterocycles. The first-order valence-electron chi connectivity index (χ1n) is 8.72. The van der Waals surface area contributed by atoms with Gasteiger partial charge in [-0.25, -0.2) is 0 Å². The van der Waals surface area contributed by atoms with Crippen LogP contribution >= 0.6 is 0 Å². The number of aryl methyl sites for hydroxylation is 2. The maximum absolute atomic E-state index is 12.1. The van der Waals surface area contributed by atoms with Crippen molar-refractivity contribution in [2.45, 2.75) is 66.1 Å². The lowest BCUT2D eigenvalue weighted by Gasteiger charge is -2.38. The molecule has 0 aliphatic carbocycles. The Morgan fingerprint density at radius 2 is 1.88 bits per heavy atom. The van der Waals surface area contributed by atoms with Crippen molar-refractivity contribution in [1.29, 1.82) is 0 Å². The van der Waals surface area contributed by atoms with Crippen molar-refractivity contribution in [2.75, 3.05) is 13.4 Å². The fourth-order valence-corrected chi connectivity index (χ4v) is 2.81. The van der Waals surface area contributed by atoms with Gasteiger partial charge in [-0.2, -0.15) is 0 Å². The second-order valence-electron chi connectivity index (χ2n) is 8.49. The van der Waals surface area contributed by atoms with Gasteiger partial charge in [-0.3, -0.25) is 4.79 Å². The van der Waals surface area contributed by atoms with E-state index in [1.165, 1.54) is 0 Å². The Kier molecular flexibility index (Phi) is 5.79. The summed E-state index contributed by atoms with van der Waals surface area (Å²) in [6.45, 7) is 12.5. The van der Waals surface area contributed by atoms with E-state index >= 15 is 0 Å². The van der Waals surface area contributed by atoms with E-state index in [0.29, 0.717) is 25.4 Å². The zero-order valence-corrected chi connectivity index (χ0v) is 16.1. The van der Waals surface area contributed by atoms with Gasteiger partial charge in [0, 0.05) is 6.42 Å². The SMILES string of the molecule is Cc1cc(CCC(=O)OCC(C)(C)C2OCO2)cc(C(C)(C)C)c1O. The molecule has 1 fully saturated rings. The zero-order chi connectivity index (χ0) is 18.8. The first kappa shape index (κ1) is 19.7. The second kappa shape index (κ2) is 7.34. The molecule has 1 N–H and O–H groups in total. The number of ether oxygens (including phenoxy) is 3. The number of rotatable bonds is 6. The maximum atomic E-state index is 12.1. The minimum absolute atomic E-state index is 0.155. The van der Waals surface area contributed by atoms with Crippen LogP contribution in [0.1, 0.15) is 57.7 Å². The van der Waals surface area contributed by atoms with E-state index in [-0.39, 0.29) is 29.7 Å². The molecule has 1 aromatic carbocycles. The monoisotopic (exact) mass is 350 g/mol. The minimum atomic E-state index is -0.359. The Bertz CT molecular complexity index is 624. The van der Waals surface area contributed by atoms with Crippen LogP contribution < -0.4 is 0 Å². The number of esters is 1. The molecule has 1 aliphatic heterocycles. The molecule has 0 unspecified atom stereocenters. The van der Waals surface area contributed by atoms with Crippen molar-refractivity contribution < 1.29 is 24.1 Å². The Balaban J connectivity index is 1.92. The van der Waals surface area contributed by atoms with E-state index in [2.05, 4.69) is 20.8 Å². The average molecular weight is 350 g/mol. The smallest absolute Gasteiger partial charge is 0.306 e. The second-order valence-corrected chi connectivity index (χ2v) is 8.49. The quantitative estimate of drug-likeness (QED) is 0.790. The van der Waals surface area contributed by atoms with Crippen molar-refractivity contribution in [3.05, 3.63) is 28.8 Å². The number of benzene rings is 1. The summed E-state index contributed by atoms with van der Waals surface area (Å²) in [5.74, 6) is 0.0940. The Morgan fingerprint density at radius 1 is 1.24 bits per heavy atom. The number of carbonyl (C=O) groups is 1. The molecule has 2 rings (SSSR count). The number of aromatic hydroxyl groups is 1. The van der Waals surface area contributed by atoms with Crippen LogP contribution in [0.15, 0.2) is 12.1 Å². The lowest BCUT2D eigenvalue weighted by atomic mass is 9.83. The Labute approximate surface area is 150 Å². The van der Waals surface area contributed by atoms with Gasteiger partial charge in [-0.15, -0.1) is 0 Å². The van der Waals surface area contributed by atoms with Crippen molar-refractivity contribution in [3.8, 4) is 5.75 Å². The van der Waals surface area contributed by atoms with Crippen LogP contribution in [0.3, 0.4) is 0 Å². The van der Waals surface area contributed by atoms with Crippen molar-refractivity contribution in [1.82, 2.24) is 0 Å². The van der Waals surface area contributed by atoms with Gasteiger partial charge in [0.05, 0.1) is 5.41 Å². The summed E-state index contributed by atoms with van der Waals surface area (Å²) in [6, 6.07) is 3.91. The molecule has 5 heteroatoms. The molecule has 0 amide bonds. The number of phenolic OH excluding ortho intramolecular Hbond substituents is 1. The molecule has 1 aliphatic rings. The summed E-state index contributed by atoms with van der Waals surface area (Å²) in [6.07, 6.45) is 0.574. The van der Waals surface area contributed by atoms with E-state index in [0.717, 1.165) is 16.7 Å². The lowest BCUT2D eigenvalue weighted by molar-refractivity contribution is -0.360. The summed E-state index contributed by atoms with van der Waals surface area (Å²) >= 11 is 0. The minimum Gasteiger partial charge on any atom is -0.507 e. The number of phenols is 1. The van der Waals surface area contributed by atoms with E-state index in [1.807, 2.05) is 32.9 Å². The van der Waals surface area contributed by atoms with Crippen molar-refractivity contribution in [3.63, 3.8) is 0 Å². The maximum Gasteiger partial charge on any atom is 0.306 e. The van der Waals surface area contributed by atoms with Gasteiger partial charge in [-0.1, -0.05) is 46.8 Å².